The van der Waals surface area contributed by atoms with Gasteiger partial charge in [-0.25, -0.2) is 24.1 Å². The molecule has 0 aliphatic carbocycles. The van der Waals surface area contributed by atoms with Crippen LogP contribution in [0.15, 0.2) is 72.6 Å². The van der Waals surface area contributed by atoms with E-state index in [1.807, 2.05) is 35.6 Å². The fourth-order valence-corrected chi connectivity index (χ4v) is 2.82. The topological polar surface area (TPSA) is 92.3 Å². The number of hydrogen-bond donors (Lipinski definition) is 1. The minimum absolute atomic E-state index is 0.246. The van der Waals surface area contributed by atoms with E-state index in [-0.39, 0.29) is 11.3 Å². The molecule has 7 nitrogen and oxygen atoms in total. The van der Waals surface area contributed by atoms with Crippen LogP contribution in [0.5, 0.6) is 0 Å². The lowest BCUT2D eigenvalue weighted by Crippen LogP contribution is -2.54. The second kappa shape index (κ2) is 7.43. The number of nitrogens with zero attached hydrogens (tertiary/aromatic N) is 3. The summed E-state index contributed by atoms with van der Waals surface area (Å²) in [6.45, 7) is 0. The van der Waals surface area contributed by atoms with Gasteiger partial charge in [0.1, 0.15) is 11.4 Å². The molecule has 0 spiro atoms. The molecule has 1 N–H and O–H groups in total. The number of urea groups is 1. The van der Waals surface area contributed by atoms with E-state index in [4.69, 9.17) is 0 Å². The minimum Gasteiger partial charge on any atom is -0.273 e. The number of imide groups is 2. The molecule has 8 heteroatoms. The first-order chi connectivity index (χ1) is 14.0. The summed E-state index contributed by atoms with van der Waals surface area (Å²) in [5.74, 6) is -2.09. The van der Waals surface area contributed by atoms with Crippen molar-refractivity contribution in [3.63, 3.8) is 0 Å². The van der Waals surface area contributed by atoms with Gasteiger partial charge in [-0.2, -0.15) is 0 Å². The average molecular weight is 388 g/mol. The Morgan fingerprint density at radius 2 is 1.55 bits per heavy atom. The number of hydrogen-bond acceptors (Lipinski definition) is 5. The zero-order valence-electron chi connectivity index (χ0n) is 14.9. The van der Waals surface area contributed by atoms with Crippen molar-refractivity contribution in [2.75, 3.05) is 4.90 Å². The van der Waals surface area contributed by atoms with Gasteiger partial charge in [-0.05, 0) is 18.2 Å². The highest BCUT2D eigenvalue weighted by atomic mass is 19.1. The van der Waals surface area contributed by atoms with Crippen LogP contribution in [0.1, 0.15) is 5.56 Å². The molecule has 1 aliphatic heterocycles. The van der Waals surface area contributed by atoms with Gasteiger partial charge in [0.2, 0.25) is 0 Å². The van der Waals surface area contributed by atoms with E-state index in [9.17, 15) is 18.8 Å². The number of anilines is 1. The monoisotopic (exact) mass is 388 g/mol. The van der Waals surface area contributed by atoms with Crippen LogP contribution >= 0.6 is 0 Å². The van der Waals surface area contributed by atoms with E-state index >= 15 is 0 Å². The van der Waals surface area contributed by atoms with Crippen LogP contribution < -0.4 is 10.2 Å². The molecular formula is C21H13FN4O3. The fraction of sp³-hybridized carbons (Fsp3) is 0. The Morgan fingerprint density at radius 3 is 2.24 bits per heavy atom. The Balaban J connectivity index is 1.67. The third-order valence-electron chi connectivity index (χ3n) is 4.21. The maximum atomic E-state index is 14.1. The first-order valence-corrected chi connectivity index (χ1v) is 8.58. The summed E-state index contributed by atoms with van der Waals surface area (Å²) in [6, 6.07) is 13.6. The number of benzene rings is 2. The van der Waals surface area contributed by atoms with Crippen LogP contribution in [0.2, 0.25) is 0 Å². The summed E-state index contributed by atoms with van der Waals surface area (Å²) >= 11 is 0. The Labute approximate surface area is 164 Å². The first kappa shape index (κ1) is 18.2. The summed E-state index contributed by atoms with van der Waals surface area (Å²) in [6.07, 6.45) is 4.16. The molecular weight excluding hydrogens is 375 g/mol. The number of amides is 4. The highest BCUT2D eigenvalue weighted by Crippen LogP contribution is 2.24. The van der Waals surface area contributed by atoms with E-state index in [1.54, 1.807) is 0 Å². The second-order valence-corrected chi connectivity index (χ2v) is 6.12. The Morgan fingerprint density at radius 1 is 0.897 bits per heavy atom. The van der Waals surface area contributed by atoms with Crippen molar-refractivity contribution in [3.05, 3.63) is 83.9 Å². The molecule has 29 heavy (non-hydrogen) atoms. The van der Waals surface area contributed by atoms with Crippen LogP contribution in [-0.2, 0) is 9.59 Å². The van der Waals surface area contributed by atoms with Crippen LogP contribution in [0.4, 0.5) is 14.9 Å². The summed E-state index contributed by atoms with van der Waals surface area (Å²) in [7, 11) is 0. The molecule has 4 amide bonds. The number of barbiturate groups is 1. The van der Waals surface area contributed by atoms with Gasteiger partial charge in [0.05, 0.1) is 5.69 Å². The van der Waals surface area contributed by atoms with Crippen LogP contribution in [0.3, 0.4) is 0 Å². The van der Waals surface area contributed by atoms with E-state index < -0.39 is 23.7 Å². The highest BCUT2D eigenvalue weighted by molar-refractivity contribution is 6.39. The maximum absolute atomic E-state index is 14.1. The number of rotatable bonds is 3. The van der Waals surface area contributed by atoms with Crippen molar-refractivity contribution >= 4 is 29.6 Å². The van der Waals surface area contributed by atoms with Crippen molar-refractivity contribution in [1.82, 2.24) is 15.3 Å². The van der Waals surface area contributed by atoms with Gasteiger partial charge in [0, 0.05) is 23.5 Å². The highest BCUT2D eigenvalue weighted by Gasteiger charge is 2.37. The molecule has 1 saturated heterocycles. The molecule has 1 aliphatic rings. The van der Waals surface area contributed by atoms with E-state index in [0.29, 0.717) is 16.3 Å². The largest absolute Gasteiger partial charge is 0.336 e. The average Bonchev–Trinajstić information content (AvgIpc) is 2.73. The molecule has 2 heterocycles. The zero-order valence-corrected chi connectivity index (χ0v) is 14.9. The van der Waals surface area contributed by atoms with Gasteiger partial charge >= 0.3 is 6.03 Å². The summed E-state index contributed by atoms with van der Waals surface area (Å²) in [5.41, 5.74) is 0.619. The van der Waals surface area contributed by atoms with E-state index in [2.05, 4.69) is 9.97 Å². The molecule has 0 bridgehead atoms. The van der Waals surface area contributed by atoms with E-state index in [1.165, 1.54) is 36.7 Å². The number of carbonyl (C=O) groups excluding carboxylic acids is 3. The molecule has 0 atom stereocenters. The van der Waals surface area contributed by atoms with Gasteiger partial charge in [-0.3, -0.25) is 14.9 Å². The van der Waals surface area contributed by atoms with Gasteiger partial charge < -0.3 is 0 Å². The molecule has 1 aromatic heterocycles. The quantitative estimate of drug-likeness (QED) is 0.550. The number of nitrogens with one attached hydrogen (secondary N) is 1. The first-order valence-electron chi connectivity index (χ1n) is 8.58. The number of halogens is 1. The molecule has 0 unspecified atom stereocenters. The summed E-state index contributed by atoms with van der Waals surface area (Å²) in [4.78, 5) is 46.1. The lowest BCUT2D eigenvalue weighted by atomic mass is 10.1. The van der Waals surface area contributed by atoms with Gasteiger partial charge in [-0.15, -0.1) is 0 Å². The Kier molecular flexibility index (Phi) is 4.66. The maximum Gasteiger partial charge on any atom is 0.336 e. The SMILES string of the molecule is O=C1NC(=O)N(c2ccccc2F)C(=O)/C1=C/c1cnc(-c2ccccc2)nc1. The van der Waals surface area contributed by atoms with Crippen molar-refractivity contribution in [1.29, 1.82) is 0 Å². The minimum atomic E-state index is -1.02. The van der Waals surface area contributed by atoms with Gasteiger partial charge in [0.25, 0.3) is 11.8 Å². The molecule has 142 valence electrons. The smallest absolute Gasteiger partial charge is 0.273 e. The molecule has 4 rings (SSSR count). The van der Waals surface area contributed by atoms with Crippen molar-refractivity contribution < 1.29 is 18.8 Å². The van der Waals surface area contributed by atoms with Crippen LogP contribution in [-0.4, -0.2) is 27.8 Å². The standard InChI is InChI=1S/C21H13FN4O3/c22-16-8-4-5-9-17(16)26-20(28)15(19(27)25-21(26)29)10-13-11-23-18(24-12-13)14-6-2-1-3-7-14/h1-12H,(H,25,27,29)/b15-10+. The lowest BCUT2D eigenvalue weighted by Gasteiger charge is -2.26. The Hall–Kier alpha value is -4.20. The predicted octanol–water partition coefficient (Wildman–Crippen LogP) is 2.95. The van der Waals surface area contributed by atoms with Crippen LogP contribution in [0, 0.1) is 5.82 Å². The fourth-order valence-electron chi connectivity index (χ4n) is 2.82. The molecule has 3 aromatic rings. The van der Waals surface area contributed by atoms with Crippen molar-refractivity contribution in [3.8, 4) is 11.4 Å². The lowest BCUT2D eigenvalue weighted by molar-refractivity contribution is -0.122. The number of aromatic nitrogens is 2. The van der Waals surface area contributed by atoms with Crippen molar-refractivity contribution in [2.24, 2.45) is 0 Å². The zero-order chi connectivity index (χ0) is 20.4. The Bertz CT molecular complexity index is 1140. The third-order valence-corrected chi connectivity index (χ3v) is 4.21. The number of para-hydroxylation sites is 1. The summed E-state index contributed by atoms with van der Waals surface area (Å²) in [5, 5.41) is 2.04. The normalized spacial score (nSPS) is 15.6. The molecule has 2 aromatic carbocycles. The number of carbonyl (C=O) groups is 3. The van der Waals surface area contributed by atoms with Crippen molar-refractivity contribution in [2.45, 2.75) is 0 Å². The van der Waals surface area contributed by atoms with E-state index in [0.717, 1.165) is 11.6 Å². The molecule has 0 saturated carbocycles. The molecule has 1 fully saturated rings. The second-order valence-electron chi connectivity index (χ2n) is 6.12. The van der Waals surface area contributed by atoms with Gasteiger partial charge in [0.15, 0.2) is 5.82 Å². The predicted molar refractivity (Wildman–Crippen MR) is 103 cm³/mol. The van der Waals surface area contributed by atoms with Gasteiger partial charge in [-0.1, -0.05) is 42.5 Å². The third kappa shape index (κ3) is 3.51. The summed E-state index contributed by atoms with van der Waals surface area (Å²) < 4.78 is 14.1. The van der Waals surface area contributed by atoms with Crippen LogP contribution in [0.25, 0.3) is 17.5 Å². The molecule has 0 radical (unpaired) electrons.